The highest BCUT2D eigenvalue weighted by molar-refractivity contribution is 7.17. The first kappa shape index (κ1) is 10.7. The molecule has 0 saturated carbocycles. The summed E-state index contributed by atoms with van der Waals surface area (Å²) in [6.07, 6.45) is 0. The van der Waals surface area contributed by atoms with Crippen LogP contribution in [0.15, 0.2) is 41.8 Å². The number of rotatable bonds is 4. The van der Waals surface area contributed by atoms with Crippen LogP contribution in [0, 0.1) is 0 Å². The fourth-order valence-electron chi connectivity index (χ4n) is 1.36. The van der Waals surface area contributed by atoms with Gasteiger partial charge in [-0.05, 0) is 35.0 Å². The van der Waals surface area contributed by atoms with Crippen molar-refractivity contribution in [1.29, 1.82) is 0 Å². The maximum atomic E-state index is 10.6. The molecular formula is C12H11NO2S. The molecule has 0 fully saturated rings. The molecule has 2 aromatic rings. The normalized spacial score (nSPS) is 10.2. The third-order valence-electron chi connectivity index (χ3n) is 2.26. The van der Waals surface area contributed by atoms with Gasteiger partial charge in [0.05, 0.1) is 0 Å². The zero-order chi connectivity index (χ0) is 11.5. The van der Waals surface area contributed by atoms with Gasteiger partial charge in [-0.3, -0.25) is 0 Å². The lowest BCUT2D eigenvalue weighted by Gasteiger charge is -2.05. The summed E-state index contributed by atoms with van der Waals surface area (Å²) in [5, 5.41) is 14.9. The standard InChI is InChI=1S/C12H11NO2S/c1-8(12(14)15)7-13-10-2-3-11-9(6-10)4-5-16-11/h2-6,13H,1,7H2,(H,14,15). The molecule has 2 N–H and O–H groups in total. The second kappa shape index (κ2) is 4.37. The van der Waals surface area contributed by atoms with Crippen LogP contribution in [0.1, 0.15) is 0 Å². The number of carbonyl (C=O) groups is 1. The molecule has 1 heterocycles. The van der Waals surface area contributed by atoms with Crippen molar-refractivity contribution in [2.75, 3.05) is 11.9 Å². The van der Waals surface area contributed by atoms with Crippen LogP contribution >= 0.6 is 11.3 Å². The highest BCUT2D eigenvalue weighted by Crippen LogP contribution is 2.23. The van der Waals surface area contributed by atoms with Gasteiger partial charge in [0.2, 0.25) is 0 Å². The van der Waals surface area contributed by atoms with E-state index in [1.165, 1.54) is 4.70 Å². The number of nitrogens with one attached hydrogen (secondary N) is 1. The number of aliphatic carboxylic acids is 1. The van der Waals surface area contributed by atoms with Crippen molar-refractivity contribution in [3.8, 4) is 0 Å². The first-order valence-corrected chi connectivity index (χ1v) is 5.67. The molecule has 0 aliphatic rings. The maximum Gasteiger partial charge on any atom is 0.332 e. The van der Waals surface area contributed by atoms with Crippen LogP contribution < -0.4 is 5.32 Å². The van der Waals surface area contributed by atoms with E-state index in [2.05, 4.69) is 11.9 Å². The molecule has 1 aromatic heterocycles. The Kier molecular flexibility index (Phi) is 2.92. The molecule has 4 heteroatoms. The summed E-state index contributed by atoms with van der Waals surface area (Å²) in [4.78, 5) is 10.6. The molecule has 0 saturated heterocycles. The van der Waals surface area contributed by atoms with Gasteiger partial charge >= 0.3 is 5.97 Å². The van der Waals surface area contributed by atoms with Crippen molar-refractivity contribution in [1.82, 2.24) is 0 Å². The molecule has 2 rings (SSSR count). The second-order valence-corrected chi connectivity index (χ2v) is 4.38. The van der Waals surface area contributed by atoms with E-state index in [9.17, 15) is 4.79 Å². The predicted octanol–water partition coefficient (Wildman–Crippen LogP) is 2.95. The monoisotopic (exact) mass is 233 g/mol. The van der Waals surface area contributed by atoms with Crippen molar-refractivity contribution in [2.45, 2.75) is 0 Å². The lowest BCUT2D eigenvalue weighted by Crippen LogP contribution is -2.10. The van der Waals surface area contributed by atoms with Crippen LogP contribution in [-0.2, 0) is 4.79 Å². The van der Waals surface area contributed by atoms with Crippen LogP contribution in [-0.4, -0.2) is 17.6 Å². The Morgan fingerprint density at radius 1 is 1.44 bits per heavy atom. The number of hydrogen-bond donors (Lipinski definition) is 2. The fourth-order valence-corrected chi connectivity index (χ4v) is 2.13. The zero-order valence-corrected chi connectivity index (χ0v) is 9.38. The highest BCUT2D eigenvalue weighted by Gasteiger charge is 2.03. The van der Waals surface area contributed by atoms with E-state index in [1.54, 1.807) is 11.3 Å². The summed E-state index contributed by atoms with van der Waals surface area (Å²) in [5.41, 5.74) is 1.07. The van der Waals surface area contributed by atoms with Crippen LogP contribution in [0.5, 0.6) is 0 Å². The summed E-state index contributed by atoms with van der Waals surface area (Å²) >= 11 is 1.69. The minimum atomic E-state index is -0.968. The number of carboxylic acid groups (broad SMARTS) is 1. The van der Waals surface area contributed by atoms with E-state index in [0.717, 1.165) is 11.1 Å². The van der Waals surface area contributed by atoms with Crippen molar-refractivity contribution in [2.24, 2.45) is 0 Å². The molecular weight excluding hydrogens is 222 g/mol. The number of benzene rings is 1. The molecule has 0 unspecified atom stereocenters. The lowest BCUT2D eigenvalue weighted by atomic mass is 10.2. The van der Waals surface area contributed by atoms with Gasteiger partial charge in [-0.25, -0.2) is 4.79 Å². The van der Waals surface area contributed by atoms with Crippen LogP contribution in [0.25, 0.3) is 10.1 Å². The van der Waals surface area contributed by atoms with Gasteiger partial charge < -0.3 is 10.4 Å². The van der Waals surface area contributed by atoms with Gasteiger partial charge in [0.1, 0.15) is 0 Å². The maximum absolute atomic E-state index is 10.6. The van der Waals surface area contributed by atoms with Crippen molar-refractivity contribution in [3.05, 3.63) is 41.8 Å². The molecule has 0 atom stereocenters. The number of carboxylic acids is 1. The molecule has 0 bridgehead atoms. The third-order valence-corrected chi connectivity index (χ3v) is 3.16. The minimum Gasteiger partial charge on any atom is -0.478 e. The zero-order valence-electron chi connectivity index (χ0n) is 8.56. The van der Waals surface area contributed by atoms with Gasteiger partial charge in [0.25, 0.3) is 0 Å². The topological polar surface area (TPSA) is 49.3 Å². The quantitative estimate of drug-likeness (QED) is 0.798. The number of hydrogen-bond acceptors (Lipinski definition) is 3. The smallest absolute Gasteiger partial charge is 0.332 e. The van der Waals surface area contributed by atoms with Gasteiger partial charge in [0, 0.05) is 22.5 Å². The first-order valence-electron chi connectivity index (χ1n) is 4.79. The SMILES string of the molecule is C=C(CNc1ccc2sccc2c1)C(=O)O. The van der Waals surface area contributed by atoms with Gasteiger partial charge in [-0.2, -0.15) is 0 Å². The average molecular weight is 233 g/mol. The van der Waals surface area contributed by atoms with E-state index < -0.39 is 5.97 Å². The van der Waals surface area contributed by atoms with E-state index in [1.807, 2.05) is 29.6 Å². The van der Waals surface area contributed by atoms with E-state index in [4.69, 9.17) is 5.11 Å². The van der Waals surface area contributed by atoms with E-state index >= 15 is 0 Å². The summed E-state index contributed by atoms with van der Waals surface area (Å²) in [6.45, 7) is 3.72. The highest BCUT2D eigenvalue weighted by atomic mass is 32.1. The van der Waals surface area contributed by atoms with E-state index in [-0.39, 0.29) is 12.1 Å². The number of anilines is 1. The molecule has 1 aromatic carbocycles. The molecule has 16 heavy (non-hydrogen) atoms. The number of fused-ring (bicyclic) bond motifs is 1. The molecule has 0 amide bonds. The Morgan fingerprint density at radius 3 is 3.00 bits per heavy atom. The molecule has 82 valence electrons. The second-order valence-electron chi connectivity index (χ2n) is 3.44. The average Bonchev–Trinajstić information content (AvgIpc) is 2.72. The van der Waals surface area contributed by atoms with Gasteiger partial charge in [0.15, 0.2) is 0 Å². The Labute approximate surface area is 97.0 Å². The number of thiophene rings is 1. The van der Waals surface area contributed by atoms with Crippen LogP contribution in [0.3, 0.4) is 0 Å². The molecule has 0 radical (unpaired) electrons. The molecule has 0 aliphatic heterocycles. The molecule has 0 aliphatic carbocycles. The predicted molar refractivity (Wildman–Crippen MR) is 67.1 cm³/mol. The Morgan fingerprint density at radius 2 is 2.25 bits per heavy atom. The van der Waals surface area contributed by atoms with E-state index in [0.29, 0.717) is 0 Å². The fraction of sp³-hybridized carbons (Fsp3) is 0.0833. The summed E-state index contributed by atoms with van der Waals surface area (Å²) < 4.78 is 1.22. The van der Waals surface area contributed by atoms with Crippen molar-refractivity contribution < 1.29 is 9.90 Å². The minimum absolute atomic E-state index is 0.158. The Bertz CT molecular complexity index is 545. The van der Waals surface area contributed by atoms with Crippen LogP contribution in [0.4, 0.5) is 5.69 Å². The summed E-state index contributed by atoms with van der Waals surface area (Å²) in [7, 11) is 0. The summed E-state index contributed by atoms with van der Waals surface area (Å²) in [6, 6.07) is 8.00. The largest absolute Gasteiger partial charge is 0.478 e. The van der Waals surface area contributed by atoms with Crippen molar-refractivity contribution >= 4 is 33.1 Å². The Hall–Kier alpha value is -1.81. The molecule has 3 nitrogen and oxygen atoms in total. The summed E-state index contributed by atoms with van der Waals surface area (Å²) in [5.74, 6) is -0.968. The van der Waals surface area contributed by atoms with Crippen LogP contribution in [0.2, 0.25) is 0 Å². The Balaban J connectivity index is 2.09. The van der Waals surface area contributed by atoms with Gasteiger partial charge in [-0.15, -0.1) is 11.3 Å². The molecule has 0 spiro atoms. The first-order chi connectivity index (χ1) is 7.66. The van der Waals surface area contributed by atoms with Crippen molar-refractivity contribution in [3.63, 3.8) is 0 Å². The lowest BCUT2D eigenvalue weighted by molar-refractivity contribution is -0.132. The van der Waals surface area contributed by atoms with Gasteiger partial charge in [-0.1, -0.05) is 6.58 Å². The third kappa shape index (κ3) is 2.23.